The number of rotatable bonds is 9. The van der Waals surface area contributed by atoms with Crippen LogP contribution in [0.25, 0.3) is 10.9 Å². The molecule has 0 radical (unpaired) electrons. The first-order valence-corrected chi connectivity index (χ1v) is 14.5. The number of aliphatic imine (C=N–C) groups is 1. The first-order valence-electron chi connectivity index (χ1n) is 12.6. The Morgan fingerprint density at radius 2 is 1.80 bits per heavy atom. The predicted molar refractivity (Wildman–Crippen MR) is 154 cm³/mol. The average Bonchev–Trinajstić information content (AvgIpc) is 3.44. The van der Waals surface area contributed by atoms with Crippen LogP contribution in [0.15, 0.2) is 99.8 Å². The van der Waals surface area contributed by atoms with E-state index in [-0.39, 0.29) is 34.3 Å². The molecule has 40 heavy (non-hydrogen) atoms. The minimum Gasteiger partial charge on any atom is -0.358 e. The second-order valence-electron chi connectivity index (χ2n) is 9.49. The maximum atomic E-state index is 15.2. The van der Waals surface area contributed by atoms with Gasteiger partial charge in [0.05, 0.1) is 15.8 Å². The van der Waals surface area contributed by atoms with E-state index in [1.54, 1.807) is 30.3 Å². The first-order chi connectivity index (χ1) is 19.2. The van der Waals surface area contributed by atoms with Gasteiger partial charge in [-0.25, -0.2) is 12.8 Å². The van der Waals surface area contributed by atoms with Gasteiger partial charge in [0, 0.05) is 24.0 Å². The number of nitrogens with one attached hydrogen (secondary N) is 2. The summed E-state index contributed by atoms with van der Waals surface area (Å²) in [6, 6.07) is 18.5. The molecule has 1 atom stereocenters. The molecule has 0 bridgehead atoms. The van der Waals surface area contributed by atoms with Crippen molar-refractivity contribution in [3.8, 4) is 0 Å². The molecule has 0 aliphatic carbocycles. The van der Waals surface area contributed by atoms with E-state index in [4.69, 9.17) is 11.6 Å². The summed E-state index contributed by atoms with van der Waals surface area (Å²) >= 11 is 5.89. The highest BCUT2D eigenvalue weighted by Gasteiger charge is 2.43. The van der Waals surface area contributed by atoms with Crippen LogP contribution in [0.3, 0.4) is 0 Å². The Bertz CT molecular complexity index is 1790. The fourth-order valence-electron chi connectivity index (χ4n) is 4.71. The van der Waals surface area contributed by atoms with Gasteiger partial charge in [0.25, 0.3) is 5.91 Å². The second kappa shape index (κ2) is 11.2. The van der Waals surface area contributed by atoms with Crippen molar-refractivity contribution in [1.82, 2.24) is 10.3 Å². The number of fused-ring (bicyclic) bond motifs is 1. The van der Waals surface area contributed by atoms with Crippen molar-refractivity contribution in [3.05, 3.63) is 123 Å². The Kier molecular flexibility index (Phi) is 7.69. The number of aromatic amines is 1. The van der Waals surface area contributed by atoms with E-state index in [2.05, 4.69) is 15.3 Å². The lowest BCUT2D eigenvalue weighted by Crippen LogP contribution is -2.34. The smallest absolute Gasteiger partial charge is 0.257 e. The average molecular weight is 578 g/mol. The number of nitrogens with zero attached hydrogens (tertiary/aromatic N) is 1. The summed E-state index contributed by atoms with van der Waals surface area (Å²) in [4.78, 5) is 31.0. The summed E-state index contributed by atoms with van der Waals surface area (Å²) in [6.07, 6.45) is 6.89. The van der Waals surface area contributed by atoms with Gasteiger partial charge in [-0.2, -0.15) is 0 Å². The number of hydrogen-bond acceptors (Lipinski definition) is 5. The Labute approximate surface area is 235 Å². The van der Waals surface area contributed by atoms with Crippen molar-refractivity contribution in [3.63, 3.8) is 0 Å². The van der Waals surface area contributed by atoms with Crippen LogP contribution >= 0.6 is 11.6 Å². The molecule has 1 aromatic heterocycles. The molecule has 2 N–H and O–H groups in total. The Morgan fingerprint density at radius 1 is 1.05 bits per heavy atom. The number of amides is 1. The fourth-order valence-corrected chi connectivity index (χ4v) is 6.64. The highest BCUT2D eigenvalue weighted by atomic mass is 35.5. The summed E-state index contributed by atoms with van der Waals surface area (Å²) in [7, 11) is -4.26. The van der Waals surface area contributed by atoms with Gasteiger partial charge in [-0.1, -0.05) is 54.1 Å². The Hall–Kier alpha value is -4.08. The number of hydrogen-bond donors (Lipinski definition) is 2. The molecule has 1 amide bonds. The number of benzene rings is 3. The van der Waals surface area contributed by atoms with Crippen LogP contribution in [-0.2, 0) is 22.8 Å². The van der Waals surface area contributed by atoms with E-state index < -0.39 is 31.9 Å². The lowest BCUT2D eigenvalue weighted by atomic mass is 10.0. The van der Waals surface area contributed by atoms with Crippen molar-refractivity contribution < 1.29 is 17.6 Å². The molecule has 2 heterocycles. The molecule has 4 aromatic rings. The number of sulfone groups is 1. The molecule has 5 rings (SSSR count). The van der Waals surface area contributed by atoms with Crippen molar-refractivity contribution in [2.24, 2.45) is 4.99 Å². The topological polar surface area (TPSA) is 108 Å². The summed E-state index contributed by atoms with van der Waals surface area (Å²) in [6.45, 7) is 0.131. The lowest BCUT2D eigenvalue weighted by Gasteiger charge is -2.25. The number of H-pyrrole nitrogens is 1. The summed E-state index contributed by atoms with van der Waals surface area (Å²) < 4.78 is 42.9. The second-order valence-corrected chi connectivity index (χ2v) is 12.1. The molecule has 1 unspecified atom stereocenters. The largest absolute Gasteiger partial charge is 0.358 e. The lowest BCUT2D eigenvalue weighted by molar-refractivity contribution is 0.0949. The van der Waals surface area contributed by atoms with Gasteiger partial charge in [0.1, 0.15) is 11.4 Å². The van der Waals surface area contributed by atoms with Crippen LogP contribution in [0, 0.1) is 5.82 Å². The number of carbonyl (C=O) groups is 1. The van der Waals surface area contributed by atoms with E-state index in [9.17, 15) is 18.0 Å². The van der Waals surface area contributed by atoms with Gasteiger partial charge >= 0.3 is 0 Å². The molecule has 0 spiro atoms. The van der Waals surface area contributed by atoms with Crippen molar-refractivity contribution in [2.75, 3.05) is 0 Å². The zero-order chi connectivity index (χ0) is 28.3. The summed E-state index contributed by atoms with van der Waals surface area (Å²) in [5, 5.41) is 2.94. The molecule has 3 aromatic carbocycles. The number of pyridine rings is 1. The monoisotopic (exact) mass is 577 g/mol. The molecular weight excluding hydrogens is 553 g/mol. The van der Waals surface area contributed by atoms with E-state index >= 15 is 4.39 Å². The van der Waals surface area contributed by atoms with Crippen LogP contribution in [0.5, 0.6) is 0 Å². The Morgan fingerprint density at radius 3 is 2.50 bits per heavy atom. The standard InChI is InChI=1S/C30H25ClFN3O4S/c31-22-11-9-21(10-12-22)18-34-29(37)25-19-33-27-24(28(25)36)16-23(17-26(27)32)40(38,39)30(14-5-15-35-30)13-4-8-20-6-2-1-3-7-20/h1-3,5-7,9-12,14-17,19H,4,8,13,18H2,(H,33,36)(H,34,37). The van der Waals surface area contributed by atoms with E-state index in [0.717, 1.165) is 29.5 Å². The first kappa shape index (κ1) is 27.5. The number of aromatic nitrogens is 1. The number of allylic oxidation sites excluding steroid dienone is 1. The SMILES string of the molecule is O=C(NCc1ccc(Cl)cc1)c1c[nH]c2c(F)cc(S(=O)(=O)C3(CCCc4ccccc4)C=CC=N3)cc2c1=O. The van der Waals surface area contributed by atoms with Gasteiger partial charge in [0.2, 0.25) is 15.3 Å². The van der Waals surface area contributed by atoms with E-state index in [1.165, 1.54) is 12.3 Å². The van der Waals surface area contributed by atoms with Crippen molar-refractivity contribution >= 4 is 44.5 Å². The maximum absolute atomic E-state index is 15.2. The van der Waals surface area contributed by atoms with Crippen LogP contribution in [0.1, 0.15) is 34.3 Å². The normalized spacial score (nSPS) is 16.4. The van der Waals surface area contributed by atoms with E-state index in [0.29, 0.717) is 17.9 Å². The minimum absolute atomic E-state index is 0.131. The summed E-state index contributed by atoms with van der Waals surface area (Å²) in [5.41, 5.74) is 0.568. The molecule has 1 aliphatic heterocycles. The van der Waals surface area contributed by atoms with Crippen LogP contribution in [-0.4, -0.2) is 30.4 Å². The fraction of sp³-hybridized carbons (Fsp3) is 0.167. The van der Waals surface area contributed by atoms with Gasteiger partial charge in [0.15, 0.2) is 4.87 Å². The molecule has 204 valence electrons. The molecule has 0 saturated heterocycles. The van der Waals surface area contributed by atoms with Crippen LogP contribution in [0.4, 0.5) is 4.39 Å². The molecule has 0 fully saturated rings. The van der Waals surface area contributed by atoms with Crippen LogP contribution in [0.2, 0.25) is 5.02 Å². The molecule has 10 heteroatoms. The molecule has 1 aliphatic rings. The molecule has 0 saturated carbocycles. The Balaban J connectivity index is 1.44. The van der Waals surface area contributed by atoms with Gasteiger partial charge < -0.3 is 10.3 Å². The van der Waals surface area contributed by atoms with E-state index in [1.807, 2.05) is 30.3 Å². The van der Waals surface area contributed by atoms with Gasteiger partial charge in [-0.15, -0.1) is 0 Å². The molecule has 7 nitrogen and oxygen atoms in total. The zero-order valence-corrected chi connectivity index (χ0v) is 22.8. The van der Waals surface area contributed by atoms with Crippen molar-refractivity contribution in [1.29, 1.82) is 0 Å². The van der Waals surface area contributed by atoms with Gasteiger partial charge in [-0.3, -0.25) is 14.6 Å². The third-order valence-corrected chi connectivity index (χ3v) is 9.36. The third kappa shape index (κ3) is 5.35. The summed E-state index contributed by atoms with van der Waals surface area (Å²) in [5.74, 6) is -1.61. The predicted octanol–water partition coefficient (Wildman–Crippen LogP) is 5.38. The zero-order valence-electron chi connectivity index (χ0n) is 21.2. The minimum atomic E-state index is -4.26. The quantitative estimate of drug-likeness (QED) is 0.278. The highest BCUT2D eigenvalue weighted by molar-refractivity contribution is 7.93. The van der Waals surface area contributed by atoms with Gasteiger partial charge in [-0.05, 0) is 66.8 Å². The van der Waals surface area contributed by atoms with Crippen molar-refractivity contribution in [2.45, 2.75) is 35.6 Å². The van der Waals surface area contributed by atoms with Crippen LogP contribution < -0.4 is 10.7 Å². The highest BCUT2D eigenvalue weighted by Crippen LogP contribution is 2.36. The molecular formula is C30H25ClFN3O4S. The third-order valence-electron chi connectivity index (χ3n) is 6.88. The maximum Gasteiger partial charge on any atom is 0.257 e. The number of aryl methyl sites for hydroxylation is 1. The number of carbonyl (C=O) groups excluding carboxylic acids is 1. The number of halogens is 2.